The number of pyridine rings is 1. The van der Waals surface area contributed by atoms with Crippen molar-refractivity contribution in [2.24, 2.45) is 5.73 Å². The van der Waals surface area contributed by atoms with Crippen LogP contribution < -0.4 is 11.1 Å². The average Bonchev–Trinajstić information content (AvgIpc) is 3.34. The Balaban J connectivity index is 1.89. The van der Waals surface area contributed by atoms with Gasteiger partial charge in [0.1, 0.15) is 18.1 Å². The molecule has 0 aliphatic carbocycles. The number of carbonyl (C=O) groups is 2. The van der Waals surface area contributed by atoms with E-state index in [2.05, 4.69) is 15.3 Å². The molecule has 3 N–H and O–H groups in total. The SMILES string of the molecule is CC(C)(c1cc(-c2sc(NC(=O)N3CCCC3C(N)=O)nc2CF)ccn1)C(F)(F)F. The molecule has 0 radical (unpaired) electrons. The summed E-state index contributed by atoms with van der Waals surface area (Å²) in [6, 6.07) is 1.38. The van der Waals surface area contributed by atoms with Crippen molar-refractivity contribution in [1.29, 1.82) is 0 Å². The molecule has 7 nitrogen and oxygen atoms in total. The van der Waals surface area contributed by atoms with E-state index in [1.807, 2.05) is 0 Å². The second-order valence-corrected chi connectivity index (χ2v) is 8.66. The summed E-state index contributed by atoms with van der Waals surface area (Å²) in [6.45, 7) is 1.39. The minimum absolute atomic E-state index is 0.0184. The van der Waals surface area contributed by atoms with Gasteiger partial charge in [-0.05, 0) is 44.4 Å². The van der Waals surface area contributed by atoms with Crippen molar-refractivity contribution in [1.82, 2.24) is 14.9 Å². The maximum Gasteiger partial charge on any atom is 0.399 e. The lowest BCUT2D eigenvalue weighted by atomic mass is 9.87. The van der Waals surface area contributed by atoms with Crippen LogP contribution in [0.4, 0.5) is 27.5 Å². The molecular weight excluding hydrogens is 438 g/mol. The number of urea groups is 1. The van der Waals surface area contributed by atoms with Gasteiger partial charge in [-0.1, -0.05) is 11.3 Å². The van der Waals surface area contributed by atoms with Gasteiger partial charge in [0.2, 0.25) is 5.91 Å². The van der Waals surface area contributed by atoms with Crippen LogP contribution in [-0.4, -0.2) is 45.6 Å². The zero-order chi connectivity index (χ0) is 23.0. The van der Waals surface area contributed by atoms with Gasteiger partial charge in [0, 0.05) is 12.7 Å². The zero-order valence-corrected chi connectivity index (χ0v) is 17.6. The summed E-state index contributed by atoms with van der Waals surface area (Å²) in [5.74, 6) is -0.617. The van der Waals surface area contributed by atoms with E-state index in [9.17, 15) is 27.2 Å². The Labute approximate surface area is 179 Å². The van der Waals surface area contributed by atoms with Crippen molar-refractivity contribution in [3.63, 3.8) is 0 Å². The Kier molecular flexibility index (Phi) is 6.21. The van der Waals surface area contributed by atoms with Gasteiger partial charge in [-0.25, -0.2) is 14.2 Å². The van der Waals surface area contributed by atoms with E-state index in [1.54, 1.807) is 0 Å². The highest BCUT2D eigenvalue weighted by molar-refractivity contribution is 7.19. The first kappa shape index (κ1) is 22.9. The highest BCUT2D eigenvalue weighted by Gasteiger charge is 2.49. The lowest BCUT2D eigenvalue weighted by molar-refractivity contribution is -0.181. The van der Waals surface area contributed by atoms with E-state index in [0.29, 0.717) is 24.9 Å². The number of likely N-dealkylation sites (tertiary alicyclic amines) is 1. The number of primary amides is 1. The second-order valence-electron chi connectivity index (χ2n) is 7.66. The van der Waals surface area contributed by atoms with Gasteiger partial charge in [0.05, 0.1) is 16.3 Å². The van der Waals surface area contributed by atoms with Crippen molar-refractivity contribution in [2.45, 2.75) is 51.0 Å². The Morgan fingerprint density at radius 1 is 1.35 bits per heavy atom. The molecule has 0 saturated carbocycles. The van der Waals surface area contributed by atoms with E-state index < -0.39 is 36.2 Å². The maximum absolute atomic E-state index is 13.6. The molecule has 168 valence electrons. The number of anilines is 1. The number of nitrogens with two attached hydrogens (primary N) is 1. The molecule has 1 saturated heterocycles. The third-order valence-electron chi connectivity index (χ3n) is 5.25. The van der Waals surface area contributed by atoms with Crippen LogP contribution in [0.15, 0.2) is 18.3 Å². The number of amides is 3. The van der Waals surface area contributed by atoms with Crippen LogP contribution in [0, 0.1) is 0 Å². The quantitative estimate of drug-likeness (QED) is 0.660. The number of hydrogen-bond donors (Lipinski definition) is 2. The zero-order valence-electron chi connectivity index (χ0n) is 16.8. The number of halogens is 4. The molecular formula is C19H21F4N5O2S. The highest BCUT2D eigenvalue weighted by atomic mass is 32.1. The molecule has 1 atom stereocenters. The third kappa shape index (κ3) is 4.48. The van der Waals surface area contributed by atoms with Gasteiger partial charge < -0.3 is 10.6 Å². The van der Waals surface area contributed by atoms with Gasteiger partial charge >= 0.3 is 12.2 Å². The molecule has 0 aromatic carbocycles. The lowest BCUT2D eigenvalue weighted by Gasteiger charge is -2.27. The van der Waals surface area contributed by atoms with Gasteiger partial charge in [0.15, 0.2) is 5.13 Å². The minimum atomic E-state index is -4.53. The van der Waals surface area contributed by atoms with E-state index >= 15 is 0 Å². The molecule has 1 aliphatic rings. The lowest BCUT2D eigenvalue weighted by Crippen LogP contribution is -2.45. The predicted octanol–water partition coefficient (Wildman–Crippen LogP) is 4.00. The van der Waals surface area contributed by atoms with Crippen LogP contribution in [0.25, 0.3) is 10.4 Å². The fourth-order valence-electron chi connectivity index (χ4n) is 3.25. The Morgan fingerprint density at radius 3 is 2.68 bits per heavy atom. The number of carbonyl (C=O) groups excluding carboxylic acids is 2. The first-order valence-corrected chi connectivity index (χ1v) is 10.2. The number of rotatable bonds is 5. The summed E-state index contributed by atoms with van der Waals surface area (Å²) in [4.78, 5) is 33.5. The molecule has 1 fully saturated rings. The summed E-state index contributed by atoms with van der Waals surface area (Å²) in [7, 11) is 0. The first-order chi connectivity index (χ1) is 14.5. The first-order valence-electron chi connectivity index (χ1n) is 9.42. The van der Waals surface area contributed by atoms with E-state index in [-0.39, 0.29) is 21.4 Å². The number of hydrogen-bond acceptors (Lipinski definition) is 5. The molecule has 1 aliphatic heterocycles. The Morgan fingerprint density at radius 2 is 2.06 bits per heavy atom. The predicted molar refractivity (Wildman–Crippen MR) is 107 cm³/mol. The number of aromatic nitrogens is 2. The van der Waals surface area contributed by atoms with Gasteiger partial charge in [0.25, 0.3) is 0 Å². The van der Waals surface area contributed by atoms with Crippen molar-refractivity contribution in [3.05, 3.63) is 29.7 Å². The van der Waals surface area contributed by atoms with E-state index in [4.69, 9.17) is 5.73 Å². The van der Waals surface area contributed by atoms with Crippen molar-refractivity contribution < 1.29 is 27.2 Å². The van der Waals surface area contributed by atoms with Gasteiger partial charge in [-0.2, -0.15) is 13.2 Å². The number of nitrogens with one attached hydrogen (secondary N) is 1. The van der Waals surface area contributed by atoms with Crippen molar-refractivity contribution in [3.8, 4) is 10.4 Å². The molecule has 3 amide bonds. The summed E-state index contributed by atoms with van der Waals surface area (Å²) in [5.41, 5.74) is 3.18. The van der Waals surface area contributed by atoms with Crippen molar-refractivity contribution in [2.75, 3.05) is 11.9 Å². The molecule has 1 unspecified atom stereocenters. The maximum atomic E-state index is 13.6. The summed E-state index contributed by atoms with van der Waals surface area (Å²) in [5, 5.41) is 2.59. The second kappa shape index (κ2) is 8.40. The smallest absolute Gasteiger partial charge is 0.368 e. The molecule has 2 aromatic heterocycles. The van der Waals surface area contributed by atoms with Gasteiger partial charge in [-0.15, -0.1) is 0 Å². The minimum Gasteiger partial charge on any atom is -0.368 e. The Hall–Kier alpha value is -2.76. The molecule has 0 bridgehead atoms. The van der Waals surface area contributed by atoms with Crippen LogP contribution in [0.1, 0.15) is 38.1 Å². The molecule has 0 spiro atoms. The molecule has 3 heterocycles. The fraction of sp³-hybridized carbons (Fsp3) is 0.474. The fourth-order valence-corrected chi connectivity index (χ4v) is 4.20. The standard InChI is InChI=1S/C19H21F4N5O2S/c1-18(2,19(21,22)23)13-8-10(5-6-25-13)14-11(9-20)26-16(31-14)27-17(30)28-7-3-4-12(28)15(24)29/h5-6,8,12H,3-4,7,9H2,1-2H3,(H2,24,29)(H,26,27,30). The van der Waals surface area contributed by atoms with Crippen LogP contribution >= 0.6 is 11.3 Å². The highest BCUT2D eigenvalue weighted by Crippen LogP contribution is 2.41. The summed E-state index contributed by atoms with van der Waals surface area (Å²) < 4.78 is 53.7. The van der Waals surface area contributed by atoms with E-state index in [1.165, 1.54) is 23.2 Å². The number of nitrogens with zero attached hydrogens (tertiary/aromatic N) is 3. The molecule has 2 aromatic rings. The summed E-state index contributed by atoms with van der Waals surface area (Å²) >= 11 is 0.926. The average molecular weight is 459 g/mol. The number of alkyl halides is 4. The third-order valence-corrected chi connectivity index (χ3v) is 6.31. The van der Waals surface area contributed by atoms with Crippen LogP contribution in [0.5, 0.6) is 0 Å². The topological polar surface area (TPSA) is 101 Å². The molecule has 12 heteroatoms. The Bertz CT molecular complexity index is 992. The van der Waals surface area contributed by atoms with Crippen LogP contribution in [-0.2, 0) is 16.9 Å². The van der Waals surface area contributed by atoms with Crippen LogP contribution in [0.2, 0.25) is 0 Å². The monoisotopic (exact) mass is 459 g/mol. The molecule has 3 rings (SSSR count). The van der Waals surface area contributed by atoms with E-state index in [0.717, 1.165) is 25.2 Å². The molecule has 31 heavy (non-hydrogen) atoms. The van der Waals surface area contributed by atoms with Gasteiger partial charge in [-0.3, -0.25) is 15.1 Å². The van der Waals surface area contributed by atoms with Crippen LogP contribution in [0.3, 0.4) is 0 Å². The summed E-state index contributed by atoms with van der Waals surface area (Å²) in [6.07, 6.45) is -2.23. The normalized spacial score (nSPS) is 17.1. The number of thiazole rings is 1. The van der Waals surface area contributed by atoms with Crippen molar-refractivity contribution >= 4 is 28.4 Å². The largest absolute Gasteiger partial charge is 0.399 e.